The van der Waals surface area contributed by atoms with Crippen LogP contribution in [0.1, 0.15) is 163 Å². The van der Waals surface area contributed by atoms with Gasteiger partial charge in [-0.05, 0) is 51.9 Å². The van der Waals surface area contributed by atoms with E-state index in [1.165, 1.54) is 103 Å². The molecule has 0 saturated heterocycles. The molecule has 0 radical (unpaired) electrons. The number of hydrogen-bond donors (Lipinski definition) is 0. The number of allylic oxidation sites excluding steroid dienone is 2. The van der Waals surface area contributed by atoms with Gasteiger partial charge in [0.2, 0.25) is 0 Å². The molecular weight excluding hydrogens is 392 g/mol. The lowest BCUT2D eigenvalue weighted by Gasteiger charge is -2.31. The third-order valence-electron chi connectivity index (χ3n) is 6.83. The molecule has 0 fully saturated rings. The second-order valence-corrected chi connectivity index (χ2v) is 9.90. The van der Waals surface area contributed by atoms with Gasteiger partial charge in [-0.3, -0.25) is 4.79 Å². The summed E-state index contributed by atoms with van der Waals surface area (Å²) in [5.74, 6) is 0.0599. The maximum absolute atomic E-state index is 12.6. The van der Waals surface area contributed by atoms with E-state index in [4.69, 9.17) is 4.74 Å². The number of esters is 1. The van der Waals surface area contributed by atoms with Crippen LogP contribution in [-0.4, -0.2) is 12.6 Å². The molecule has 0 unspecified atom stereocenters. The number of carbonyl (C=O) groups is 1. The van der Waals surface area contributed by atoms with Gasteiger partial charge in [0.05, 0.1) is 12.0 Å². The van der Waals surface area contributed by atoms with E-state index in [0.717, 1.165) is 32.1 Å². The quantitative estimate of drug-likeness (QED) is 0.0830. The van der Waals surface area contributed by atoms with E-state index in [9.17, 15) is 4.79 Å². The maximum atomic E-state index is 12.6. The zero-order valence-corrected chi connectivity index (χ0v) is 22.5. The molecule has 0 aromatic rings. The molecule has 0 rings (SSSR count). The molecule has 0 atom stereocenters. The first kappa shape index (κ1) is 31.2. The zero-order chi connectivity index (χ0) is 23.8. The second-order valence-electron chi connectivity index (χ2n) is 9.90. The highest BCUT2D eigenvalue weighted by Crippen LogP contribution is 2.37. The Balaban J connectivity index is 3.69. The van der Waals surface area contributed by atoms with Crippen LogP contribution in [0.4, 0.5) is 0 Å². The van der Waals surface area contributed by atoms with Crippen LogP contribution in [0.5, 0.6) is 0 Å². The monoisotopic (exact) mass is 450 g/mol. The topological polar surface area (TPSA) is 26.3 Å². The molecule has 0 heterocycles. The normalized spacial score (nSPS) is 12.0. The standard InChI is InChI=1S/C30H58O2/c1-5-9-10-11-12-13-14-15-16-17-18-19-20-21-22-23-24-25-28-30(26-6-2,27-7-3)29(31)32-8-4/h15-16H,5-14,17-28H2,1-4H3/b16-15-. The zero-order valence-electron chi connectivity index (χ0n) is 22.5. The van der Waals surface area contributed by atoms with Crippen molar-refractivity contribution in [2.45, 2.75) is 163 Å². The molecular formula is C30H58O2. The van der Waals surface area contributed by atoms with E-state index >= 15 is 0 Å². The van der Waals surface area contributed by atoms with Crippen molar-refractivity contribution in [2.24, 2.45) is 5.41 Å². The first-order valence-electron chi connectivity index (χ1n) is 14.5. The Kier molecular flexibility index (Phi) is 22.8. The highest BCUT2D eigenvalue weighted by Gasteiger charge is 2.37. The van der Waals surface area contributed by atoms with Gasteiger partial charge in [0.1, 0.15) is 0 Å². The summed E-state index contributed by atoms with van der Waals surface area (Å²) >= 11 is 0. The average molecular weight is 451 g/mol. The maximum Gasteiger partial charge on any atom is 0.312 e. The number of carbonyl (C=O) groups excluding carboxylic acids is 1. The van der Waals surface area contributed by atoms with Gasteiger partial charge in [-0.2, -0.15) is 0 Å². The molecule has 2 nitrogen and oxygen atoms in total. The van der Waals surface area contributed by atoms with Gasteiger partial charge in [0.15, 0.2) is 0 Å². The summed E-state index contributed by atoms with van der Waals surface area (Å²) in [6.45, 7) is 9.09. The summed E-state index contributed by atoms with van der Waals surface area (Å²) in [7, 11) is 0. The van der Waals surface area contributed by atoms with Crippen LogP contribution in [0.25, 0.3) is 0 Å². The Morgan fingerprint density at radius 3 is 1.44 bits per heavy atom. The van der Waals surface area contributed by atoms with Crippen molar-refractivity contribution in [3.63, 3.8) is 0 Å². The third kappa shape index (κ3) is 16.8. The van der Waals surface area contributed by atoms with E-state index in [-0.39, 0.29) is 11.4 Å². The lowest BCUT2D eigenvalue weighted by Crippen LogP contribution is -2.33. The van der Waals surface area contributed by atoms with Gasteiger partial charge >= 0.3 is 5.97 Å². The fourth-order valence-electron chi connectivity index (χ4n) is 4.99. The SMILES string of the molecule is CCCCCCCC/C=C\CCCCCCCCCCC(CCC)(CCC)C(=O)OCC. The molecule has 0 aromatic heterocycles. The molecule has 0 bridgehead atoms. The van der Waals surface area contributed by atoms with Gasteiger partial charge in [-0.15, -0.1) is 0 Å². The van der Waals surface area contributed by atoms with Crippen molar-refractivity contribution in [2.75, 3.05) is 6.61 Å². The van der Waals surface area contributed by atoms with Crippen molar-refractivity contribution in [1.82, 2.24) is 0 Å². The summed E-state index contributed by atoms with van der Waals surface area (Å²) in [4.78, 5) is 12.6. The fourth-order valence-corrected chi connectivity index (χ4v) is 4.99. The Bertz CT molecular complexity index is 421. The van der Waals surface area contributed by atoms with E-state index in [0.29, 0.717) is 6.61 Å². The first-order valence-corrected chi connectivity index (χ1v) is 14.5. The summed E-state index contributed by atoms with van der Waals surface area (Å²) < 4.78 is 5.46. The summed E-state index contributed by atoms with van der Waals surface area (Å²) in [5.41, 5.74) is -0.220. The van der Waals surface area contributed by atoms with Gasteiger partial charge in [0, 0.05) is 0 Å². The Labute approximate surface area is 202 Å². The summed E-state index contributed by atoms with van der Waals surface area (Å²) in [5, 5.41) is 0. The molecule has 190 valence electrons. The molecule has 0 aliphatic rings. The Hall–Kier alpha value is -0.790. The number of hydrogen-bond acceptors (Lipinski definition) is 2. The van der Waals surface area contributed by atoms with Crippen LogP contribution < -0.4 is 0 Å². The highest BCUT2D eigenvalue weighted by atomic mass is 16.5. The van der Waals surface area contributed by atoms with Gasteiger partial charge in [-0.25, -0.2) is 0 Å². The van der Waals surface area contributed by atoms with Crippen molar-refractivity contribution >= 4 is 5.97 Å². The number of rotatable bonds is 24. The molecule has 0 aliphatic heterocycles. The molecule has 0 spiro atoms. The van der Waals surface area contributed by atoms with Crippen LogP contribution in [-0.2, 0) is 9.53 Å². The average Bonchev–Trinajstić information content (AvgIpc) is 2.78. The van der Waals surface area contributed by atoms with Crippen LogP contribution in [0, 0.1) is 5.41 Å². The van der Waals surface area contributed by atoms with Crippen LogP contribution in [0.2, 0.25) is 0 Å². The molecule has 0 amide bonds. The van der Waals surface area contributed by atoms with Crippen molar-refractivity contribution < 1.29 is 9.53 Å². The fraction of sp³-hybridized carbons (Fsp3) is 0.900. The van der Waals surface area contributed by atoms with Gasteiger partial charge in [-0.1, -0.05) is 123 Å². The second kappa shape index (κ2) is 23.4. The van der Waals surface area contributed by atoms with Crippen molar-refractivity contribution in [3.05, 3.63) is 12.2 Å². The minimum Gasteiger partial charge on any atom is -0.466 e. The lowest BCUT2D eigenvalue weighted by atomic mass is 9.75. The Morgan fingerprint density at radius 2 is 1.00 bits per heavy atom. The minimum absolute atomic E-state index is 0.0599. The number of ether oxygens (including phenoxy) is 1. The minimum atomic E-state index is -0.220. The van der Waals surface area contributed by atoms with Crippen molar-refractivity contribution in [1.29, 1.82) is 0 Å². The summed E-state index contributed by atoms with van der Waals surface area (Å²) in [6, 6.07) is 0. The molecule has 0 N–H and O–H groups in total. The van der Waals surface area contributed by atoms with Gasteiger partial charge < -0.3 is 4.74 Å². The van der Waals surface area contributed by atoms with Crippen LogP contribution in [0.3, 0.4) is 0 Å². The predicted molar refractivity (Wildman–Crippen MR) is 142 cm³/mol. The first-order chi connectivity index (χ1) is 15.7. The predicted octanol–water partition coefficient (Wildman–Crippen LogP) is 10.3. The number of unbranched alkanes of at least 4 members (excludes halogenated alkanes) is 14. The third-order valence-corrected chi connectivity index (χ3v) is 6.83. The lowest BCUT2D eigenvalue weighted by molar-refractivity contribution is -0.157. The molecule has 0 aromatic carbocycles. The largest absolute Gasteiger partial charge is 0.466 e. The molecule has 2 heteroatoms. The highest BCUT2D eigenvalue weighted by molar-refractivity contribution is 5.76. The molecule has 32 heavy (non-hydrogen) atoms. The van der Waals surface area contributed by atoms with E-state index in [1.807, 2.05) is 6.92 Å². The van der Waals surface area contributed by atoms with Crippen molar-refractivity contribution in [3.8, 4) is 0 Å². The summed E-state index contributed by atoms with van der Waals surface area (Å²) in [6.07, 6.45) is 31.4. The molecule has 0 saturated carbocycles. The Morgan fingerprint density at radius 1 is 0.562 bits per heavy atom. The van der Waals surface area contributed by atoms with Crippen LogP contribution >= 0.6 is 0 Å². The van der Waals surface area contributed by atoms with E-state index < -0.39 is 0 Å². The van der Waals surface area contributed by atoms with E-state index in [2.05, 4.69) is 32.9 Å². The smallest absolute Gasteiger partial charge is 0.312 e. The molecule has 0 aliphatic carbocycles. The van der Waals surface area contributed by atoms with Crippen LogP contribution in [0.15, 0.2) is 12.2 Å². The van der Waals surface area contributed by atoms with Gasteiger partial charge in [0.25, 0.3) is 0 Å². The van der Waals surface area contributed by atoms with E-state index in [1.54, 1.807) is 0 Å².